The second-order valence-corrected chi connectivity index (χ2v) is 3.76. The summed E-state index contributed by atoms with van der Waals surface area (Å²) in [6, 6.07) is 0.413. The highest BCUT2D eigenvalue weighted by Crippen LogP contribution is 2.28. The number of hydrogen-bond acceptors (Lipinski definition) is 3. The van der Waals surface area contributed by atoms with Gasteiger partial charge < -0.3 is 14.7 Å². The number of hydrogen-bond donors (Lipinski definition) is 1. The van der Waals surface area contributed by atoms with E-state index in [1.807, 2.05) is 4.90 Å². The monoisotopic (exact) mass is 185 g/mol. The highest BCUT2D eigenvalue weighted by molar-refractivity contribution is 5.70. The Morgan fingerprint density at radius 1 is 1.54 bits per heavy atom. The van der Waals surface area contributed by atoms with Gasteiger partial charge in [0.25, 0.3) is 0 Å². The lowest BCUT2D eigenvalue weighted by molar-refractivity contribution is 0.110. The van der Waals surface area contributed by atoms with Crippen molar-refractivity contribution in [1.29, 1.82) is 0 Å². The molecule has 1 aliphatic heterocycles. The van der Waals surface area contributed by atoms with E-state index in [4.69, 9.17) is 9.84 Å². The Balaban J connectivity index is 1.87. The van der Waals surface area contributed by atoms with Gasteiger partial charge in [0.2, 0.25) is 0 Å². The summed E-state index contributed by atoms with van der Waals surface area (Å²) in [5, 5.41) is 8.70. The van der Waals surface area contributed by atoms with Crippen molar-refractivity contribution in [3.63, 3.8) is 0 Å². The molecule has 0 aromatic heterocycles. The molecule has 1 amide bonds. The normalized spacial score (nSPS) is 28.8. The van der Waals surface area contributed by atoms with Crippen LogP contribution in [-0.4, -0.2) is 41.4 Å². The summed E-state index contributed by atoms with van der Waals surface area (Å²) in [4.78, 5) is 13.1. The number of rotatable bonds is 3. The van der Waals surface area contributed by atoms with E-state index in [0.717, 1.165) is 12.8 Å². The van der Waals surface area contributed by atoms with Gasteiger partial charge in [0.1, 0.15) is 6.10 Å². The number of aliphatic hydroxyl groups is 1. The van der Waals surface area contributed by atoms with Crippen LogP contribution in [0.15, 0.2) is 0 Å². The molecule has 1 heterocycles. The molecule has 2 aliphatic rings. The molecule has 2 fully saturated rings. The van der Waals surface area contributed by atoms with Gasteiger partial charge in [0.05, 0.1) is 6.54 Å². The van der Waals surface area contributed by atoms with Crippen molar-refractivity contribution in [2.24, 2.45) is 0 Å². The molecule has 13 heavy (non-hydrogen) atoms. The molecule has 74 valence electrons. The van der Waals surface area contributed by atoms with Crippen LogP contribution in [0.5, 0.6) is 0 Å². The SMILES string of the molecule is O=C1OC(CCO)CN1C1CCC1. The maximum absolute atomic E-state index is 11.3. The van der Waals surface area contributed by atoms with E-state index in [1.54, 1.807) is 0 Å². The van der Waals surface area contributed by atoms with Crippen molar-refractivity contribution >= 4 is 6.09 Å². The number of carbonyl (C=O) groups is 1. The zero-order valence-electron chi connectivity index (χ0n) is 7.61. The minimum Gasteiger partial charge on any atom is -0.444 e. The van der Waals surface area contributed by atoms with Crippen LogP contribution in [0.2, 0.25) is 0 Å². The molecule has 0 bridgehead atoms. The number of nitrogens with zero attached hydrogens (tertiary/aromatic N) is 1. The largest absolute Gasteiger partial charge is 0.444 e. The number of carbonyl (C=O) groups excluding carboxylic acids is 1. The first-order valence-corrected chi connectivity index (χ1v) is 4.89. The number of aliphatic hydroxyl groups excluding tert-OH is 1. The van der Waals surface area contributed by atoms with E-state index in [9.17, 15) is 4.79 Å². The van der Waals surface area contributed by atoms with Gasteiger partial charge in [0.15, 0.2) is 0 Å². The van der Waals surface area contributed by atoms with Crippen LogP contribution in [0.25, 0.3) is 0 Å². The van der Waals surface area contributed by atoms with Crippen molar-refractivity contribution < 1.29 is 14.6 Å². The summed E-state index contributed by atoms with van der Waals surface area (Å²) in [6.07, 6.45) is 3.73. The summed E-state index contributed by atoms with van der Waals surface area (Å²) >= 11 is 0. The maximum atomic E-state index is 11.3. The fourth-order valence-corrected chi connectivity index (χ4v) is 1.83. The molecule has 0 aromatic rings. The first-order valence-electron chi connectivity index (χ1n) is 4.89. The van der Waals surface area contributed by atoms with Gasteiger partial charge in [-0.2, -0.15) is 0 Å². The topological polar surface area (TPSA) is 49.8 Å². The van der Waals surface area contributed by atoms with Crippen LogP contribution < -0.4 is 0 Å². The molecule has 0 radical (unpaired) electrons. The fourth-order valence-electron chi connectivity index (χ4n) is 1.83. The fraction of sp³-hybridized carbons (Fsp3) is 0.889. The Labute approximate surface area is 77.5 Å². The molecule has 1 saturated heterocycles. The molecule has 0 spiro atoms. The summed E-state index contributed by atoms with van der Waals surface area (Å²) in [6.45, 7) is 0.764. The lowest BCUT2D eigenvalue weighted by Crippen LogP contribution is -2.41. The third kappa shape index (κ3) is 1.63. The number of cyclic esters (lactones) is 1. The summed E-state index contributed by atoms with van der Waals surface area (Å²) in [5.41, 5.74) is 0. The van der Waals surface area contributed by atoms with E-state index in [0.29, 0.717) is 19.0 Å². The first kappa shape index (κ1) is 8.81. The highest BCUT2D eigenvalue weighted by atomic mass is 16.6. The number of ether oxygens (including phenoxy) is 1. The van der Waals surface area contributed by atoms with Gasteiger partial charge in [-0.1, -0.05) is 0 Å². The van der Waals surface area contributed by atoms with Gasteiger partial charge >= 0.3 is 6.09 Å². The predicted molar refractivity (Wildman–Crippen MR) is 46.3 cm³/mol. The quantitative estimate of drug-likeness (QED) is 0.705. The molecule has 4 nitrogen and oxygen atoms in total. The Hall–Kier alpha value is -0.770. The molecular formula is C9H15NO3. The average molecular weight is 185 g/mol. The molecule has 1 unspecified atom stereocenters. The first-order chi connectivity index (χ1) is 6.31. The van der Waals surface area contributed by atoms with Gasteiger partial charge in [0, 0.05) is 19.1 Å². The van der Waals surface area contributed by atoms with Gasteiger partial charge in [-0.15, -0.1) is 0 Å². The second-order valence-electron chi connectivity index (χ2n) is 3.76. The van der Waals surface area contributed by atoms with Gasteiger partial charge in [-0.05, 0) is 19.3 Å². The van der Waals surface area contributed by atoms with E-state index in [-0.39, 0.29) is 18.8 Å². The van der Waals surface area contributed by atoms with Crippen LogP contribution in [0, 0.1) is 0 Å². The van der Waals surface area contributed by atoms with Crippen molar-refractivity contribution in [2.75, 3.05) is 13.2 Å². The van der Waals surface area contributed by atoms with E-state index < -0.39 is 0 Å². The van der Waals surface area contributed by atoms with Crippen LogP contribution in [0.3, 0.4) is 0 Å². The Morgan fingerprint density at radius 2 is 2.31 bits per heavy atom. The second kappa shape index (κ2) is 3.54. The minimum absolute atomic E-state index is 0.0851. The van der Waals surface area contributed by atoms with Gasteiger partial charge in [-0.25, -0.2) is 4.79 Å². The molecule has 1 aliphatic carbocycles. The molecule has 2 rings (SSSR count). The smallest absolute Gasteiger partial charge is 0.410 e. The zero-order chi connectivity index (χ0) is 9.26. The van der Waals surface area contributed by atoms with Crippen LogP contribution in [0.1, 0.15) is 25.7 Å². The number of amides is 1. The van der Waals surface area contributed by atoms with Crippen molar-refractivity contribution in [2.45, 2.75) is 37.8 Å². The van der Waals surface area contributed by atoms with Crippen molar-refractivity contribution in [3.05, 3.63) is 0 Å². The van der Waals surface area contributed by atoms with E-state index >= 15 is 0 Å². The Kier molecular flexibility index (Phi) is 2.40. The zero-order valence-corrected chi connectivity index (χ0v) is 7.61. The lowest BCUT2D eigenvalue weighted by Gasteiger charge is -2.32. The van der Waals surface area contributed by atoms with Crippen molar-refractivity contribution in [1.82, 2.24) is 4.90 Å². The average Bonchev–Trinajstić information content (AvgIpc) is 2.30. The summed E-state index contributed by atoms with van der Waals surface area (Å²) in [7, 11) is 0. The summed E-state index contributed by atoms with van der Waals surface area (Å²) < 4.78 is 5.10. The van der Waals surface area contributed by atoms with Gasteiger partial charge in [-0.3, -0.25) is 0 Å². The Morgan fingerprint density at radius 3 is 2.85 bits per heavy atom. The van der Waals surface area contributed by atoms with E-state index in [1.165, 1.54) is 6.42 Å². The van der Waals surface area contributed by atoms with Crippen LogP contribution in [0.4, 0.5) is 4.79 Å². The third-order valence-electron chi connectivity index (χ3n) is 2.87. The molecule has 4 heteroatoms. The molecule has 1 N–H and O–H groups in total. The third-order valence-corrected chi connectivity index (χ3v) is 2.87. The van der Waals surface area contributed by atoms with E-state index in [2.05, 4.69) is 0 Å². The molecule has 1 atom stereocenters. The maximum Gasteiger partial charge on any atom is 0.410 e. The Bertz CT molecular complexity index is 203. The lowest BCUT2D eigenvalue weighted by atomic mass is 9.92. The summed E-state index contributed by atoms with van der Waals surface area (Å²) in [5.74, 6) is 0. The molecule has 0 aromatic carbocycles. The van der Waals surface area contributed by atoms with Crippen LogP contribution >= 0.6 is 0 Å². The molecular weight excluding hydrogens is 170 g/mol. The van der Waals surface area contributed by atoms with Crippen LogP contribution in [-0.2, 0) is 4.74 Å². The molecule has 1 saturated carbocycles. The highest BCUT2D eigenvalue weighted by Gasteiger charge is 2.37. The van der Waals surface area contributed by atoms with Crippen molar-refractivity contribution in [3.8, 4) is 0 Å². The standard InChI is InChI=1S/C9H15NO3/c11-5-4-8-6-10(9(12)13-8)7-2-1-3-7/h7-8,11H,1-6H2. The predicted octanol–water partition coefficient (Wildman–Crippen LogP) is 0.742. The minimum atomic E-state index is -0.192.